The molecule has 10 aromatic carbocycles. The van der Waals surface area contributed by atoms with Crippen molar-refractivity contribution in [2.24, 2.45) is 5.92 Å². The molecule has 0 radical (unpaired) electrons. The van der Waals surface area contributed by atoms with Crippen molar-refractivity contribution in [1.82, 2.24) is 0 Å². The lowest BCUT2D eigenvalue weighted by atomic mass is 9.61. The Balaban J connectivity index is 0.947. The molecule has 75 heavy (non-hydrogen) atoms. The lowest BCUT2D eigenvalue weighted by Crippen LogP contribution is -2.38. The number of rotatable bonds is 5. The molecule has 0 amide bonds. The van der Waals surface area contributed by atoms with Crippen molar-refractivity contribution < 1.29 is 4.74 Å². The second-order valence-corrected chi connectivity index (χ2v) is 22.0. The van der Waals surface area contributed by atoms with Crippen molar-refractivity contribution in [3.8, 4) is 44.9 Å². The first-order valence-electron chi connectivity index (χ1n) is 26.5. The fourth-order valence-electron chi connectivity index (χ4n) is 14.4. The number of benzene rings is 10. The Kier molecular flexibility index (Phi) is 9.39. The average molecular weight is 976 g/mol. The Bertz CT molecular complexity index is 4110. The molecule has 4 aliphatic carbocycles. The number of thioether (sulfide) groups is 1. The molecule has 2 spiro atoms. The molecule has 2 nitrogen and oxygen atoms in total. The van der Waals surface area contributed by atoms with Gasteiger partial charge in [-0.25, -0.2) is 0 Å². The van der Waals surface area contributed by atoms with Gasteiger partial charge >= 0.3 is 0 Å². The summed E-state index contributed by atoms with van der Waals surface area (Å²) >= 11 is 2.00. The molecule has 3 heteroatoms. The van der Waals surface area contributed by atoms with Crippen LogP contribution < -0.4 is 9.64 Å². The van der Waals surface area contributed by atoms with Gasteiger partial charge in [-0.2, -0.15) is 0 Å². The molecule has 6 aliphatic rings. The maximum Gasteiger partial charge on any atom is 0.132 e. The third-order valence-corrected chi connectivity index (χ3v) is 18.6. The monoisotopic (exact) mass is 975 g/mol. The summed E-state index contributed by atoms with van der Waals surface area (Å²) in [5.74, 6) is 2.27. The predicted molar refractivity (Wildman–Crippen MR) is 310 cm³/mol. The van der Waals surface area contributed by atoms with Gasteiger partial charge in [0.15, 0.2) is 0 Å². The minimum absolute atomic E-state index is 0.228. The molecule has 0 saturated heterocycles. The summed E-state index contributed by atoms with van der Waals surface area (Å²) in [6.07, 6.45) is 16.7. The Morgan fingerprint density at radius 3 is 1.97 bits per heavy atom. The highest BCUT2D eigenvalue weighted by Gasteiger charge is 2.57. The normalized spacial score (nSPS) is 19.4. The van der Waals surface area contributed by atoms with Crippen LogP contribution in [0.3, 0.4) is 0 Å². The van der Waals surface area contributed by atoms with Crippen molar-refractivity contribution in [3.63, 3.8) is 0 Å². The molecule has 10 aromatic rings. The van der Waals surface area contributed by atoms with Crippen LogP contribution >= 0.6 is 11.8 Å². The number of ether oxygens (including phenoxy) is 1. The van der Waals surface area contributed by atoms with Crippen LogP contribution in [0.1, 0.15) is 57.7 Å². The predicted octanol–water partition coefficient (Wildman–Crippen LogP) is 18.9. The van der Waals surface area contributed by atoms with E-state index in [-0.39, 0.29) is 17.3 Å². The first-order valence-corrected chi connectivity index (χ1v) is 27.3. The summed E-state index contributed by atoms with van der Waals surface area (Å²) in [5, 5.41) is 2.56. The van der Waals surface area contributed by atoms with Crippen molar-refractivity contribution in [2.75, 3.05) is 4.90 Å². The van der Waals surface area contributed by atoms with E-state index in [9.17, 15) is 0 Å². The van der Waals surface area contributed by atoms with Crippen molar-refractivity contribution >= 4 is 39.6 Å². The van der Waals surface area contributed by atoms with Crippen LogP contribution in [-0.4, -0.2) is 0 Å². The van der Waals surface area contributed by atoms with Crippen molar-refractivity contribution in [2.45, 2.75) is 34.5 Å². The van der Waals surface area contributed by atoms with Gasteiger partial charge in [0.1, 0.15) is 11.5 Å². The number of anilines is 3. The third kappa shape index (κ3) is 5.93. The minimum atomic E-state index is -0.608. The Hall–Kier alpha value is -8.63. The molecule has 0 bridgehead atoms. The third-order valence-electron chi connectivity index (χ3n) is 17.3. The number of hydrogen-bond donors (Lipinski definition) is 0. The highest BCUT2D eigenvalue weighted by Crippen LogP contribution is 2.68. The molecule has 0 fully saturated rings. The molecular formula is C72H49NOS. The van der Waals surface area contributed by atoms with Gasteiger partial charge in [-0.05, 0) is 127 Å². The molecule has 354 valence electrons. The van der Waals surface area contributed by atoms with Crippen LogP contribution in [0.15, 0.2) is 276 Å². The second-order valence-electron chi connectivity index (χ2n) is 20.8. The maximum atomic E-state index is 6.77. The summed E-state index contributed by atoms with van der Waals surface area (Å²) in [4.78, 5) is 5.48. The second kappa shape index (κ2) is 16.4. The zero-order chi connectivity index (χ0) is 49.2. The number of allylic oxidation sites excluding steroid dienone is 8. The average Bonchev–Trinajstić information content (AvgIpc) is 4.15. The zero-order valence-electron chi connectivity index (χ0n) is 41.2. The van der Waals surface area contributed by atoms with Gasteiger partial charge in [0.2, 0.25) is 0 Å². The molecular weight excluding hydrogens is 927 g/mol. The largest absolute Gasteiger partial charge is 0.457 e. The van der Waals surface area contributed by atoms with E-state index in [0.29, 0.717) is 0 Å². The van der Waals surface area contributed by atoms with Crippen LogP contribution in [-0.2, 0) is 10.8 Å². The molecule has 16 rings (SSSR count). The molecule has 0 saturated carbocycles. The van der Waals surface area contributed by atoms with Crippen LogP contribution in [0.5, 0.6) is 11.5 Å². The van der Waals surface area contributed by atoms with Crippen LogP contribution in [0.4, 0.5) is 17.1 Å². The van der Waals surface area contributed by atoms with Gasteiger partial charge in [-0.1, -0.05) is 230 Å². The number of fused-ring (bicyclic) bond motifs is 19. The zero-order valence-corrected chi connectivity index (χ0v) is 42.0. The maximum absolute atomic E-state index is 6.77. The van der Waals surface area contributed by atoms with E-state index in [1.807, 2.05) is 11.8 Å². The fraction of sp³-hybridized carbons (Fsp3) is 0.0833. The molecule has 2 aliphatic heterocycles. The van der Waals surface area contributed by atoms with Gasteiger partial charge in [0.05, 0.1) is 22.2 Å². The van der Waals surface area contributed by atoms with E-state index in [4.69, 9.17) is 4.74 Å². The van der Waals surface area contributed by atoms with E-state index in [1.165, 1.54) is 76.2 Å². The highest BCUT2D eigenvalue weighted by molar-refractivity contribution is 8.03. The van der Waals surface area contributed by atoms with Gasteiger partial charge < -0.3 is 9.64 Å². The highest BCUT2D eigenvalue weighted by atomic mass is 32.2. The molecule has 3 unspecified atom stereocenters. The van der Waals surface area contributed by atoms with E-state index in [1.54, 1.807) is 0 Å². The minimum Gasteiger partial charge on any atom is -0.457 e. The Morgan fingerprint density at radius 1 is 0.493 bits per heavy atom. The standard InChI is InChI=1S/C72H49NOS/c1-2-19-46(20-3-1)47-37-39-48(40-38-47)51-21-6-13-31-63(51)73(64-32-18-30-61-70(64)54-23-5-8-25-56(54)71(61)57-26-9-14-33-65(57)74-66-34-15-10-27-58(66)71)50-42-43-52-49(45-50)41-44-62-69(52)53-22-4-7-24-55(53)72(62)59-28-11-16-35-67(59)75-68-36-17-12-29-60(68)72/h1-16,18-35,37-45,53,55H,17,36H2. The van der Waals surface area contributed by atoms with Crippen LogP contribution in [0.25, 0.3) is 44.2 Å². The van der Waals surface area contributed by atoms with E-state index >= 15 is 0 Å². The number of para-hydroxylation sites is 3. The molecule has 3 atom stereocenters. The lowest BCUT2D eigenvalue weighted by Gasteiger charge is -2.45. The van der Waals surface area contributed by atoms with Gasteiger partial charge in [-0.15, -0.1) is 0 Å². The van der Waals surface area contributed by atoms with E-state index < -0.39 is 5.41 Å². The van der Waals surface area contributed by atoms with E-state index in [2.05, 4.69) is 266 Å². The fourth-order valence-corrected chi connectivity index (χ4v) is 15.7. The molecule has 0 N–H and O–H groups in total. The Morgan fingerprint density at radius 2 is 1.15 bits per heavy atom. The van der Waals surface area contributed by atoms with Gasteiger partial charge in [0.25, 0.3) is 0 Å². The summed E-state index contributed by atoms with van der Waals surface area (Å²) in [7, 11) is 0. The first-order chi connectivity index (χ1) is 37.2. The summed E-state index contributed by atoms with van der Waals surface area (Å²) in [6.45, 7) is 0. The molecule has 2 heterocycles. The summed E-state index contributed by atoms with van der Waals surface area (Å²) in [5.41, 5.74) is 20.3. The van der Waals surface area contributed by atoms with Gasteiger partial charge in [0, 0.05) is 44.7 Å². The number of nitrogens with zero attached hydrogens (tertiary/aromatic N) is 1. The SMILES string of the molecule is C1=CC2c3c(ccc4cc(N(c5ccccc5-c5ccc(-c6ccccc6)cc5)c5cccc6c5-c5ccccc5C65c6ccccc6Oc6ccccc65)ccc34)C3(C4=C(CCC=C4)Sc4ccccc43)C2C=C1. The van der Waals surface area contributed by atoms with E-state index in [0.717, 1.165) is 63.7 Å². The summed E-state index contributed by atoms with van der Waals surface area (Å²) < 4.78 is 6.77. The number of hydrogen-bond acceptors (Lipinski definition) is 3. The first kappa shape index (κ1) is 42.8. The molecule has 0 aromatic heterocycles. The van der Waals surface area contributed by atoms with Crippen molar-refractivity contribution in [3.05, 3.63) is 310 Å². The Labute approximate surface area is 442 Å². The van der Waals surface area contributed by atoms with Crippen LogP contribution in [0, 0.1) is 5.92 Å². The smallest absolute Gasteiger partial charge is 0.132 e. The topological polar surface area (TPSA) is 12.5 Å². The quantitative estimate of drug-likeness (QED) is 0.171. The van der Waals surface area contributed by atoms with Crippen molar-refractivity contribution in [1.29, 1.82) is 0 Å². The summed E-state index contributed by atoms with van der Waals surface area (Å²) in [6, 6.07) is 83.8. The lowest BCUT2D eigenvalue weighted by molar-refractivity contribution is 0.436. The van der Waals surface area contributed by atoms with Gasteiger partial charge in [-0.3, -0.25) is 0 Å². The van der Waals surface area contributed by atoms with Crippen LogP contribution in [0.2, 0.25) is 0 Å².